The van der Waals surface area contributed by atoms with Crippen LogP contribution in [0.25, 0.3) is 0 Å². The SMILES string of the molecule is CNSc1ccccc1C(F)(F)P. The third kappa shape index (κ3) is 2.90. The van der Waals surface area contributed by atoms with Crippen molar-refractivity contribution in [1.29, 1.82) is 0 Å². The summed E-state index contributed by atoms with van der Waals surface area (Å²) in [5.41, 5.74) is -2.83. The molecule has 1 N–H and O–H groups in total. The Morgan fingerprint density at radius 1 is 1.38 bits per heavy atom. The van der Waals surface area contributed by atoms with E-state index in [1.807, 2.05) is 0 Å². The highest BCUT2D eigenvalue weighted by atomic mass is 32.2. The Morgan fingerprint density at radius 3 is 2.54 bits per heavy atom. The van der Waals surface area contributed by atoms with Gasteiger partial charge in [-0.05, 0) is 25.1 Å². The molecule has 0 amide bonds. The normalized spacial score (nSPS) is 11.7. The van der Waals surface area contributed by atoms with Gasteiger partial charge in [0.25, 0.3) is 5.66 Å². The fourth-order valence-corrected chi connectivity index (χ4v) is 1.98. The van der Waals surface area contributed by atoms with Crippen molar-refractivity contribution in [1.82, 2.24) is 4.72 Å². The summed E-state index contributed by atoms with van der Waals surface area (Å²) in [6.07, 6.45) is 0. The van der Waals surface area contributed by atoms with Gasteiger partial charge in [0.1, 0.15) is 0 Å². The van der Waals surface area contributed by atoms with Crippen LogP contribution in [0.4, 0.5) is 8.78 Å². The number of halogens is 2. The van der Waals surface area contributed by atoms with E-state index in [2.05, 4.69) is 4.72 Å². The van der Waals surface area contributed by atoms with E-state index in [0.717, 1.165) is 0 Å². The number of benzene rings is 1. The van der Waals surface area contributed by atoms with Gasteiger partial charge in [-0.15, -0.1) is 0 Å². The molecule has 0 radical (unpaired) electrons. The van der Waals surface area contributed by atoms with Crippen LogP contribution in [0.15, 0.2) is 29.2 Å². The van der Waals surface area contributed by atoms with Gasteiger partial charge >= 0.3 is 0 Å². The predicted octanol–water partition coefficient (Wildman–Crippen LogP) is 2.84. The first-order valence-electron chi connectivity index (χ1n) is 3.65. The molecule has 0 aliphatic rings. The lowest BCUT2D eigenvalue weighted by Gasteiger charge is -2.14. The van der Waals surface area contributed by atoms with Crippen LogP contribution < -0.4 is 4.72 Å². The maximum Gasteiger partial charge on any atom is 0.284 e. The van der Waals surface area contributed by atoms with Crippen LogP contribution in [0.2, 0.25) is 0 Å². The third-order valence-electron chi connectivity index (χ3n) is 1.46. The summed E-state index contributed by atoms with van der Waals surface area (Å²) in [5.74, 6) is 0. The minimum Gasteiger partial charge on any atom is -0.263 e. The van der Waals surface area contributed by atoms with E-state index in [9.17, 15) is 8.78 Å². The van der Waals surface area contributed by atoms with Gasteiger partial charge in [0.15, 0.2) is 0 Å². The average molecular weight is 221 g/mol. The lowest BCUT2D eigenvalue weighted by atomic mass is 10.2. The summed E-state index contributed by atoms with van der Waals surface area (Å²) in [6.45, 7) is 0. The highest BCUT2D eigenvalue weighted by molar-refractivity contribution is 7.97. The van der Waals surface area contributed by atoms with E-state index < -0.39 is 5.66 Å². The smallest absolute Gasteiger partial charge is 0.263 e. The zero-order chi connectivity index (χ0) is 9.90. The van der Waals surface area contributed by atoms with Gasteiger partial charge in [0.05, 0.1) is 0 Å². The Kier molecular flexibility index (Phi) is 3.65. The molecule has 5 heteroatoms. The van der Waals surface area contributed by atoms with Crippen molar-refractivity contribution < 1.29 is 8.78 Å². The summed E-state index contributed by atoms with van der Waals surface area (Å²) in [4.78, 5) is 0.546. The maximum absolute atomic E-state index is 13.0. The molecular weight excluding hydrogens is 211 g/mol. The molecule has 1 aromatic carbocycles. The molecular formula is C8H10F2NPS. The molecule has 0 spiro atoms. The summed E-state index contributed by atoms with van der Waals surface area (Å²) < 4.78 is 28.7. The quantitative estimate of drug-likeness (QED) is 0.622. The molecule has 1 rings (SSSR count). The molecule has 0 aliphatic carbocycles. The van der Waals surface area contributed by atoms with E-state index in [1.54, 1.807) is 25.2 Å². The minimum absolute atomic E-state index is 0.0272. The Morgan fingerprint density at radius 2 is 2.00 bits per heavy atom. The van der Waals surface area contributed by atoms with Crippen molar-refractivity contribution in [2.75, 3.05) is 7.05 Å². The van der Waals surface area contributed by atoms with Crippen molar-refractivity contribution in [2.45, 2.75) is 10.6 Å². The molecule has 1 atom stereocenters. The van der Waals surface area contributed by atoms with Gasteiger partial charge in [-0.25, -0.2) is 0 Å². The monoisotopic (exact) mass is 221 g/mol. The van der Waals surface area contributed by atoms with E-state index in [0.29, 0.717) is 4.90 Å². The van der Waals surface area contributed by atoms with Crippen LogP contribution in [0.5, 0.6) is 0 Å². The van der Waals surface area contributed by atoms with Crippen LogP contribution in [0.3, 0.4) is 0 Å². The molecule has 1 aromatic rings. The second-order valence-corrected chi connectivity index (χ2v) is 4.20. The first kappa shape index (κ1) is 10.9. The second kappa shape index (κ2) is 4.36. The zero-order valence-corrected chi connectivity index (χ0v) is 9.02. The van der Waals surface area contributed by atoms with Gasteiger partial charge in [0.2, 0.25) is 0 Å². The summed E-state index contributed by atoms with van der Waals surface area (Å²) in [7, 11) is 3.24. The van der Waals surface area contributed by atoms with Crippen LogP contribution in [0, 0.1) is 0 Å². The number of hydrogen-bond acceptors (Lipinski definition) is 2. The minimum atomic E-state index is -2.86. The summed E-state index contributed by atoms with van der Waals surface area (Å²) in [5, 5.41) is 0. The lowest BCUT2D eigenvalue weighted by Crippen LogP contribution is -2.05. The number of hydrogen-bond donors (Lipinski definition) is 1. The van der Waals surface area contributed by atoms with Crippen LogP contribution in [-0.2, 0) is 5.66 Å². The van der Waals surface area contributed by atoms with Crippen molar-refractivity contribution in [3.05, 3.63) is 29.8 Å². The van der Waals surface area contributed by atoms with Gasteiger partial charge in [0, 0.05) is 10.5 Å². The Labute approximate surface area is 82.6 Å². The molecule has 0 aliphatic heterocycles. The molecule has 0 bridgehead atoms. The predicted molar refractivity (Wildman–Crippen MR) is 55.0 cm³/mol. The average Bonchev–Trinajstić information content (AvgIpc) is 2.04. The largest absolute Gasteiger partial charge is 0.284 e. The highest BCUT2D eigenvalue weighted by Gasteiger charge is 2.27. The maximum atomic E-state index is 13.0. The van der Waals surface area contributed by atoms with Crippen molar-refractivity contribution in [3.8, 4) is 0 Å². The molecule has 0 aromatic heterocycles. The highest BCUT2D eigenvalue weighted by Crippen LogP contribution is 2.39. The first-order valence-corrected chi connectivity index (χ1v) is 5.05. The van der Waals surface area contributed by atoms with E-state index in [-0.39, 0.29) is 5.56 Å². The molecule has 72 valence electrons. The van der Waals surface area contributed by atoms with E-state index in [4.69, 9.17) is 0 Å². The Hall–Kier alpha value is -0.180. The van der Waals surface area contributed by atoms with Gasteiger partial charge in [-0.3, -0.25) is 4.72 Å². The van der Waals surface area contributed by atoms with E-state index >= 15 is 0 Å². The molecule has 1 unspecified atom stereocenters. The third-order valence-corrected chi connectivity index (χ3v) is 2.55. The van der Waals surface area contributed by atoms with E-state index in [1.165, 1.54) is 27.3 Å². The summed E-state index contributed by atoms with van der Waals surface area (Å²) in [6, 6.07) is 6.42. The zero-order valence-electron chi connectivity index (χ0n) is 7.05. The van der Waals surface area contributed by atoms with Crippen molar-refractivity contribution in [3.63, 3.8) is 0 Å². The molecule has 0 saturated heterocycles. The Balaban J connectivity index is 3.05. The van der Waals surface area contributed by atoms with Crippen molar-refractivity contribution >= 4 is 21.2 Å². The Bertz CT molecular complexity index is 288. The van der Waals surface area contributed by atoms with Gasteiger partial charge < -0.3 is 0 Å². The standard InChI is InChI=1S/C8H10F2NPS/c1-11-13-7-5-3-2-4-6(7)8(9,10)12/h2-5,11H,12H2,1H3. The fraction of sp³-hybridized carbons (Fsp3) is 0.250. The number of alkyl halides is 2. The molecule has 0 fully saturated rings. The van der Waals surface area contributed by atoms with Gasteiger partial charge in [-0.1, -0.05) is 27.4 Å². The summed E-state index contributed by atoms with van der Waals surface area (Å²) >= 11 is 1.19. The fourth-order valence-electron chi connectivity index (χ4n) is 0.941. The van der Waals surface area contributed by atoms with Crippen LogP contribution in [0.1, 0.15) is 5.56 Å². The molecule has 1 nitrogen and oxygen atoms in total. The number of nitrogens with one attached hydrogen (secondary N) is 1. The van der Waals surface area contributed by atoms with Crippen molar-refractivity contribution in [2.24, 2.45) is 0 Å². The van der Waals surface area contributed by atoms with Crippen LogP contribution >= 0.6 is 21.2 Å². The molecule has 13 heavy (non-hydrogen) atoms. The van der Waals surface area contributed by atoms with Crippen LogP contribution in [-0.4, -0.2) is 7.05 Å². The topological polar surface area (TPSA) is 12.0 Å². The van der Waals surface area contributed by atoms with Gasteiger partial charge in [-0.2, -0.15) is 8.78 Å². The molecule has 0 heterocycles. The lowest BCUT2D eigenvalue weighted by molar-refractivity contribution is 0.101. The molecule has 0 saturated carbocycles. The second-order valence-electron chi connectivity index (χ2n) is 2.43. The number of rotatable bonds is 3. The first-order chi connectivity index (χ1) is 6.05.